The third kappa shape index (κ3) is 21.4. The van der Waals surface area contributed by atoms with Crippen LogP contribution in [0, 0.1) is 17.8 Å². The van der Waals surface area contributed by atoms with Gasteiger partial charge < -0.3 is 58.5 Å². The molecule has 2 rings (SSSR count). The molecule has 0 aliphatic rings. The van der Waals surface area contributed by atoms with E-state index in [1.807, 2.05) is 6.26 Å². The number of carboxylic acid groups (broad SMARTS) is 1. The standard InChI is InChI=1S/C48H71N9O12S/c1-27(2)20-33(51-42(62)34(22-30-14-10-8-11-15-30)52-41(61)32(50-26-59)18-19-70-7)45(65)57-40(29(5)6)47(67)54-36(24-39(49)60)44(64)56-38(25-58)46(66)53-35(23-31-16-12-9-13-17-31)43(63)55-37(48(68)69)21-28(3)4/h8-17,26-29,32-38,40,58H,18-25H2,1-7H3,(H2,49,60)(H,50,59)(H,51,62)(H,52,61)(H,53,66)(H,54,67)(H,55,63)(H,56,64)(H,57,65)(H,68,69)/t32-,33-,34-,35-,36-,37-,38-,40-/m0/s1. The number of carboxylic acids is 1. The molecule has 8 atom stereocenters. The molecule has 0 aliphatic carbocycles. The molecule has 12 N–H and O–H groups in total. The first-order valence-corrected chi connectivity index (χ1v) is 24.5. The molecular formula is C48H71N9O12S. The van der Waals surface area contributed by atoms with Crippen molar-refractivity contribution < 1.29 is 58.2 Å². The molecule has 0 aliphatic heterocycles. The highest BCUT2D eigenvalue weighted by atomic mass is 32.2. The monoisotopic (exact) mass is 997 g/mol. The van der Waals surface area contributed by atoms with Gasteiger partial charge in [0.2, 0.25) is 53.7 Å². The first-order chi connectivity index (χ1) is 33.1. The van der Waals surface area contributed by atoms with E-state index in [0.29, 0.717) is 23.3 Å². The number of benzene rings is 2. The average Bonchev–Trinajstić information content (AvgIpc) is 3.29. The minimum Gasteiger partial charge on any atom is -0.480 e. The zero-order chi connectivity index (χ0) is 52.5. The van der Waals surface area contributed by atoms with E-state index in [4.69, 9.17) is 5.73 Å². The third-order valence-corrected chi connectivity index (χ3v) is 11.4. The van der Waals surface area contributed by atoms with Crippen LogP contribution in [0.3, 0.4) is 0 Å². The lowest BCUT2D eigenvalue weighted by Crippen LogP contribution is -2.62. The lowest BCUT2D eigenvalue weighted by molar-refractivity contribution is -0.142. The first kappa shape index (κ1) is 59.6. The summed E-state index contributed by atoms with van der Waals surface area (Å²) in [6.45, 7) is 9.31. The zero-order valence-corrected chi connectivity index (χ0v) is 41.6. The molecule has 9 amide bonds. The predicted molar refractivity (Wildman–Crippen MR) is 262 cm³/mol. The van der Waals surface area contributed by atoms with Crippen LogP contribution in [-0.2, 0) is 60.8 Å². The summed E-state index contributed by atoms with van der Waals surface area (Å²) in [6.07, 6.45) is 1.83. The minimum absolute atomic E-state index is 0.0269. The van der Waals surface area contributed by atoms with Gasteiger partial charge in [-0.3, -0.25) is 43.2 Å². The van der Waals surface area contributed by atoms with Crippen LogP contribution in [0.15, 0.2) is 60.7 Å². The minimum atomic E-state index is -1.75. The van der Waals surface area contributed by atoms with E-state index in [9.17, 15) is 58.2 Å². The molecule has 386 valence electrons. The smallest absolute Gasteiger partial charge is 0.326 e. The van der Waals surface area contributed by atoms with Crippen molar-refractivity contribution in [1.82, 2.24) is 42.5 Å². The molecule has 0 saturated carbocycles. The van der Waals surface area contributed by atoms with Gasteiger partial charge in [0.05, 0.1) is 13.0 Å². The number of amides is 9. The van der Waals surface area contributed by atoms with E-state index < -0.39 is 121 Å². The molecule has 70 heavy (non-hydrogen) atoms. The molecule has 22 heteroatoms. The number of carbonyl (C=O) groups excluding carboxylic acids is 9. The van der Waals surface area contributed by atoms with Crippen LogP contribution in [0.2, 0.25) is 0 Å². The second kappa shape index (κ2) is 30.8. The van der Waals surface area contributed by atoms with Crippen molar-refractivity contribution in [3.05, 3.63) is 71.8 Å². The van der Waals surface area contributed by atoms with Crippen LogP contribution < -0.4 is 48.3 Å². The van der Waals surface area contributed by atoms with E-state index in [0.717, 1.165) is 0 Å². The lowest BCUT2D eigenvalue weighted by Gasteiger charge is -2.29. The number of aliphatic hydroxyl groups is 1. The van der Waals surface area contributed by atoms with Crippen molar-refractivity contribution >= 4 is 71.4 Å². The Bertz CT molecular complexity index is 2060. The number of aliphatic hydroxyl groups excluding tert-OH is 1. The molecule has 0 aromatic heterocycles. The molecule has 2 aromatic carbocycles. The summed E-state index contributed by atoms with van der Waals surface area (Å²) in [5.74, 6) is -8.85. The first-order valence-electron chi connectivity index (χ1n) is 23.1. The lowest BCUT2D eigenvalue weighted by atomic mass is 9.98. The number of nitrogens with one attached hydrogen (secondary N) is 8. The van der Waals surface area contributed by atoms with Gasteiger partial charge in [-0.25, -0.2) is 4.79 Å². The van der Waals surface area contributed by atoms with Gasteiger partial charge in [0.25, 0.3) is 0 Å². The maximum Gasteiger partial charge on any atom is 0.326 e. The van der Waals surface area contributed by atoms with Crippen molar-refractivity contribution in [2.24, 2.45) is 23.5 Å². The van der Waals surface area contributed by atoms with Crippen LogP contribution in [0.25, 0.3) is 0 Å². The van der Waals surface area contributed by atoms with E-state index >= 15 is 0 Å². The maximum absolute atomic E-state index is 14.1. The van der Waals surface area contributed by atoms with Gasteiger partial charge in [0.1, 0.15) is 48.3 Å². The fourth-order valence-electron chi connectivity index (χ4n) is 7.14. The Balaban J connectivity index is 2.34. The largest absolute Gasteiger partial charge is 0.480 e. The number of nitrogens with two attached hydrogens (primary N) is 1. The Morgan fingerprint density at radius 3 is 1.39 bits per heavy atom. The number of aliphatic carboxylic acids is 1. The van der Waals surface area contributed by atoms with Gasteiger partial charge in [0, 0.05) is 12.8 Å². The maximum atomic E-state index is 14.1. The Morgan fingerprint density at radius 2 is 0.957 bits per heavy atom. The van der Waals surface area contributed by atoms with Crippen molar-refractivity contribution in [2.45, 2.75) is 128 Å². The van der Waals surface area contributed by atoms with E-state index in [2.05, 4.69) is 42.5 Å². The SMILES string of the molecule is CSCC[C@H](NC=O)C(=O)N[C@@H](Cc1ccccc1)C(=O)N[C@@H](CC(C)C)C(=O)N[C@H](C(=O)N[C@@H](CC(N)=O)C(=O)N[C@@H](CO)C(=O)N[C@@H](Cc1ccccc1)C(=O)N[C@@H](CC(C)C)C(=O)O)C(C)C. The molecule has 0 saturated heterocycles. The molecule has 0 fully saturated rings. The summed E-state index contributed by atoms with van der Waals surface area (Å²) in [4.78, 5) is 132. The molecule has 2 aromatic rings. The highest BCUT2D eigenvalue weighted by Crippen LogP contribution is 2.13. The van der Waals surface area contributed by atoms with Crippen molar-refractivity contribution in [3.63, 3.8) is 0 Å². The zero-order valence-electron chi connectivity index (χ0n) is 40.8. The van der Waals surface area contributed by atoms with Crippen LogP contribution in [0.4, 0.5) is 0 Å². The summed E-state index contributed by atoms with van der Waals surface area (Å²) in [7, 11) is 0. The van der Waals surface area contributed by atoms with Gasteiger partial charge >= 0.3 is 5.97 Å². The molecule has 0 radical (unpaired) electrons. The average molecular weight is 998 g/mol. The fourth-order valence-corrected chi connectivity index (χ4v) is 7.61. The number of primary amides is 1. The van der Waals surface area contributed by atoms with Gasteiger partial charge in [-0.15, -0.1) is 0 Å². The van der Waals surface area contributed by atoms with Gasteiger partial charge in [-0.2, -0.15) is 11.8 Å². The second-order valence-electron chi connectivity index (χ2n) is 18.0. The van der Waals surface area contributed by atoms with E-state index in [1.165, 1.54) is 11.8 Å². The van der Waals surface area contributed by atoms with Crippen molar-refractivity contribution in [1.29, 1.82) is 0 Å². The van der Waals surface area contributed by atoms with E-state index in [1.54, 1.807) is 102 Å². The summed E-state index contributed by atoms with van der Waals surface area (Å²) in [5, 5.41) is 40.1. The Labute approximate surface area is 413 Å². The Hall–Kier alpha value is -6.55. The molecule has 0 spiro atoms. The summed E-state index contributed by atoms with van der Waals surface area (Å²) in [5.41, 5.74) is 6.74. The highest BCUT2D eigenvalue weighted by molar-refractivity contribution is 7.98. The van der Waals surface area contributed by atoms with Crippen molar-refractivity contribution in [3.8, 4) is 0 Å². The topological polar surface area (TPSA) is 333 Å². The number of rotatable bonds is 32. The van der Waals surface area contributed by atoms with Crippen LogP contribution in [0.5, 0.6) is 0 Å². The summed E-state index contributed by atoms with van der Waals surface area (Å²) < 4.78 is 0. The number of hydrogen-bond donors (Lipinski definition) is 11. The summed E-state index contributed by atoms with van der Waals surface area (Å²) in [6, 6.07) is 6.36. The quantitative estimate of drug-likeness (QED) is 0.0410. The van der Waals surface area contributed by atoms with Crippen LogP contribution >= 0.6 is 11.8 Å². The molecule has 0 heterocycles. The van der Waals surface area contributed by atoms with Crippen LogP contribution in [0.1, 0.15) is 78.4 Å². The normalized spacial score (nSPS) is 14.6. The highest BCUT2D eigenvalue weighted by Gasteiger charge is 2.36. The Kier molecular flexibility index (Phi) is 26.2. The fraction of sp³-hybridized carbons (Fsp3) is 0.542. The number of hydrogen-bond acceptors (Lipinski definition) is 12. The summed E-state index contributed by atoms with van der Waals surface area (Å²) >= 11 is 1.47. The van der Waals surface area contributed by atoms with Gasteiger partial charge in [-0.05, 0) is 60.2 Å². The van der Waals surface area contributed by atoms with E-state index in [-0.39, 0.29) is 43.9 Å². The molecule has 0 unspecified atom stereocenters. The predicted octanol–water partition coefficient (Wildman–Crippen LogP) is -0.566. The third-order valence-electron chi connectivity index (χ3n) is 10.8. The second-order valence-corrected chi connectivity index (χ2v) is 19.0. The van der Waals surface area contributed by atoms with Gasteiger partial charge in [0.15, 0.2) is 0 Å². The number of carbonyl (C=O) groups is 10. The molecular weight excluding hydrogens is 927 g/mol. The Morgan fingerprint density at radius 1 is 0.557 bits per heavy atom. The van der Waals surface area contributed by atoms with Crippen LogP contribution in [-0.4, -0.2) is 137 Å². The molecule has 0 bridgehead atoms. The number of thioether (sulfide) groups is 1. The van der Waals surface area contributed by atoms with Crippen molar-refractivity contribution in [2.75, 3.05) is 18.6 Å². The molecule has 21 nitrogen and oxygen atoms in total. The van der Waals surface area contributed by atoms with Gasteiger partial charge in [-0.1, -0.05) is 102 Å².